The number of aliphatic hydroxyl groups is 2. The molecule has 0 amide bonds. The van der Waals surface area contributed by atoms with Crippen LogP contribution in [0.2, 0.25) is 0 Å². The molecule has 1 aromatic carbocycles. The van der Waals surface area contributed by atoms with Crippen molar-refractivity contribution in [1.29, 1.82) is 0 Å². The smallest absolute Gasteiger partial charge is 0.123 e. The maximum absolute atomic E-state index is 13.3. The zero-order valence-corrected chi connectivity index (χ0v) is 11.2. The quantitative estimate of drug-likeness (QED) is 0.872. The molecule has 106 valence electrons. The lowest BCUT2D eigenvalue weighted by atomic mass is 10.0. The van der Waals surface area contributed by atoms with Crippen LogP contribution in [-0.4, -0.2) is 42.1 Å². The standard InChI is InChI=1S/C14H20FNO3/c1-9-8-19-12(7-17)6-16(9)14-4-3-11(15)5-13(14)10(2)18/h3-5,9-10,12,17-18H,6-8H2,1-2H3/t9?,10-,12?/m0/s1. The molecule has 1 heterocycles. The van der Waals surface area contributed by atoms with Gasteiger partial charge in [-0.15, -0.1) is 0 Å². The van der Waals surface area contributed by atoms with Gasteiger partial charge in [-0.05, 0) is 32.0 Å². The Morgan fingerprint density at radius 1 is 1.53 bits per heavy atom. The Bertz CT molecular complexity index is 439. The molecule has 0 aliphatic carbocycles. The molecule has 0 spiro atoms. The van der Waals surface area contributed by atoms with Crippen molar-refractivity contribution in [3.8, 4) is 0 Å². The molecular weight excluding hydrogens is 249 g/mol. The number of benzene rings is 1. The van der Waals surface area contributed by atoms with Gasteiger partial charge in [-0.1, -0.05) is 0 Å². The predicted octanol–water partition coefficient (Wildman–Crippen LogP) is 1.46. The molecule has 3 atom stereocenters. The van der Waals surface area contributed by atoms with Gasteiger partial charge in [-0.3, -0.25) is 0 Å². The van der Waals surface area contributed by atoms with Crippen LogP contribution in [0.4, 0.5) is 10.1 Å². The van der Waals surface area contributed by atoms with E-state index in [1.165, 1.54) is 12.1 Å². The molecule has 4 nitrogen and oxygen atoms in total. The summed E-state index contributed by atoms with van der Waals surface area (Å²) in [6.07, 6.45) is -0.989. The summed E-state index contributed by atoms with van der Waals surface area (Å²) in [5.74, 6) is -0.362. The minimum Gasteiger partial charge on any atom is -0.394 e. The lowest BCUT2D eigenvalue weighted by molar-refractivity contribution is -0.0104. The van der Waals surface area contributed by atoms with E-state index in [9.17, 15) is 14.6 Å². The van der Waals surface area contributed by atoms with Gasteiger partial charge in [0.15, 0.2) is 0 Å². The summed E-state index contributed by atoms with van der Waals surface area (Å²) < 4.78 is 18.8. The molecule has 1 aliphatic rings. The Kier molecular flexibility index (Phi) is 4.39. The molecule has 0 bridgehead atoms. The zero-order valence-electron chi connectivity index (χ0n) is 11.2. The van der Waals surface area contributed by atoms with Crippen molar-refractivity contribution in [2.75, 3.05) is 24.7 Å². The molecule has 0 radical (unpaired) electrons. The van der Waals surface area contributed by atoms with E-state index < -0.39 is 6.10 Å². The van der Waals surface area contributed by atoms with E-state index in [0.717, 1.165) is 5.69 Å². The van der Waals surface area contributed by atoms with Crippen molar-refractivity contribution in [3.05, 3.63) is 29.6 Å². The van der Waals surface area contributed by atoms with E-state index >= 15 is 0 Å². The molecule has 1 aliphatic heterocycles. The molecule has 1 fully saturated rings. The molecule has 1 saturated heterocycles. The molecule has 2 unspecified atom stereocenters. The Hall–Kier alpha value is -1.17. The number of rotatable bonds is 3. The summed E-state index contributed by atoms with van der Waals surface area (Å²) in [4.78, 5) is 2.05. The van der Waals surface area contributed by atoms with Crippen LogP contribution >= 0.6 is 0 Å². The fourth-order valence-electron chi connectivity index (χ4n) is 2.39. The van der Waals surface area contributed by atoms with E-state index in [1.807, 2.05) is 11.8 Å². The van der Waals surface area contributed by atoms with Gasteiger partial charge in [-0.25, -0.2) is 4.39 Å². The summed E-state index contributed by atoms with van der Waals surface area (Å²) in [5.41, 5.74) is 1.36. The normalized spacial score (nSPS) is 25.4. The Balaban J connectivity index is 2.33. The molecular formula is C14H20FNO3. The van der Waals surface area contributed by atoms with Gasteiger partial charge >= 0.3 is 0 Å². The number of halogens is 1. The van der Waals surface area contributed by atoms with Gasteiger partial charge in [0, 0.05) is 23.8 Å². The predicted molar refractivity (Wildman–Crippen MR) is 70.7 cm³/mol. The second kappa shape index (κ2) is 5.86. The summed E-state index contributed by atoms with van der Waals surface area (Å²) in [7, 11) is 0. The first-order valence-electron chi connectivity index (χ1n) is 6.49. The number of nitrogens with zero attached hydrogens (tertiary/aromatic N) is 1. The zero-order chi connectivity index (χ0) is 14.0. The third-order valence-corrected chi connectivity index (χ3v) is 3.46. The number of morpholine rings is 1. The van der Waals surface area contributed by atoms with Gasteiger partial charge in [-0.2, -0.15) is 0 Å². The summed E-state index contributed by atoms with van der Waals surface area (Å²) in [5, 5.41) is 19.0. The van der Waals surface area contributed by atoms with Gasteiger partial charge in [0.2, 0.25) is 0 Å². The lowest BCUT2D eigenvalue weighted by Crippen LogP contribution is -2.50. The molecule has 2 N–H and O–H groups in total. The van der Waals surface area contributed by atoms with E-state index in [1.54, 1.807) is 13.0 Å². The fraction of sp³-hybridized carbons (Fsp3) is 0.571. The Morgan fingerprint density at radius 2 is 2.26 bits per heavy atom. The highest BCUT2D eigenvalue weighted by molar-refractivity contribution is 5.56. The second-order valence-corrected chi connectivity index (χ2v) is 5.02. The first kappa shape index (κ1) is 14.2. The maximum atomic E-state index is 13.3. The SMILES string of the molecule is CC1COC(CO)CN1c1ccc(F)cc1[C@H](C)O. The van der Waals surface area contributed by atoms with Crippen LogP contribution in [0.15, 0.2) is 18.2 Å². The van der Waals surface area contributed by atoms with E-state index in [4.69, 9.17) is 4.74 Å². The van der Waals surface area contributed by atoms with Crippen LogP contribution in [0.5, 0.6) is 0 Å². The first-order valence-corrected chi connectivity index (χ1v) is 6.49. The van der Waals surface area contributed by atoms with Crippen LogP contribution in [0.1, 0.15) is 25.5 Å². The fourth-order valence-corrected chi connectivity index (χ4v) is 2.39. The molecule has 19 heavy (non-hydrogen) atoms. The highest BCUT2D eigenvalue weighted by Gasteiger charge is 2.28. The van der Waals surface area contributed by atoms with Crippen molar-refractivity contribution < 1.29 is 19.3 Å². The molecule has 5 heteroatoms. The van der Waals surface area contributed by atoms with Crippen LogP contribution < -0.4 is 4.90 Å². The van der Waals surface area contributed by atoms with Crippen LogP contribution in [0.3, 0.4) is 0 Å². The van der Waals surface area contributed by atoms with E-state index in [2.05, 4.69) is 0 Å². The van der Waals surface area contributed by atoms with Gasteiger partial charge in [0.1, 0.15) is 5.82 Å². The molecule has 1 aromatic rings. The number of hydrogen-bond acceptors (Lipinski definition) is 4. The summed E-state index contributed by atoms with van der Waals surface area (Å²) in [6, 6.07) is 4.53. The summed E-state index contributed by atoms with van der Waals surface area (Å²) in [6.45, 7) is 4.61. The van der Waals surface area contributed by atoms with Crippen LogP contribution in [0, 0.1) is 5.82 Å². The summed E-state index contributed by atoms with van der Waals surface area (Å²) >= 11 is 0. The number of hydrogen-bond donors (Lipinski definition) is 2. The minimum absolute atomic E-state index is 0.0472. The number of aliphatic hydroxyl groups excluding tert-OH is 2. The average Bonchev–Trinajstić information content (AvgIpc) is 2.39. The molecule has 0 saturated carbocycles. The Morgan fingerprint density at radius 3 is 2.89 bits per heavy atom. The lowest BCUT2D eigenvalue weighted by Gasteiger charge is -2.40. The topological polar surface area (TPSA) is 52.9 Å². The van der Waals surface area contributed by atoms with Crippen LogP contribution in [-0.2, 0) is 4.74 Å². The highest BCUT2D eigenvalue weighted by Crippen LogP contribution is 2.30. The average molecular weight is 269 g/mol. The van der Waals surface area contributed by atoms with E-state index in [-0.39, 0.29) is 24.6 Å². The highest BCUT2D eigenvalue weighted by atomic mass is 19.1. The van der Waals surface area contributed by atoms with Crippen molar-refractivity contribution in [2.45, 2.75) is 32.1 Å². The van der Waals surface area contributed by atoms with Crippen molar-refractivity contribution >= 4 is 5.69 Å². The largest absolute Gasteiger partial charge is 0.394 e. The van der Waals surface area contributed by atoms with Crippen molar-refractivity contribution in [1.82, 2.24) is 0 Å². The van der Waals surface area contributed by atoms with Gasteiger partial charge in [0.25, 0.3) is 0 Å². The number of anilines is 1. The molecule has 2 rings (SSSR count). The van der Waals surface area contributed by atoms with E-state index in [0.29, 0.717) is 18.7 Å². The van der Waals surface area contributed by atoms with Gasteiger partial charge in [0.05, 0.1) is 25.4 Å². The third-order valence-electron chi connectivity index (χ3n) is 3.46. The van der Waals surface area contributed by atoms with Gasteiger partial charge < -0.3 is 19.8 Å². The number of ether oxygens (including phenoxy) is 1. The van der Waals surface area contributed by atoms with Crippen molar-refractivity contribution in [2.24, 2.45) is 0 Å². The van der Waals surface area contributed by atoms with Crippen LogP contribution in [0.25, 0.3) is 0 Å². The Labute approximate surface area is 112 Å². The first-order chi connectivity index (χ1) is 9.02. The molecule has 0 aromatic heterocycles. The monoisotopic (exact) mass is 269 g/mol. The second-order valence-electron chi connectivity index (χ2n) is 5.02. The third kappa shape index (κ3) is 3.05. The minimum atomic E-state index is -0.742. The van der Waals surface area contributed by atoms with Crippen molar-refractivity contribution in [3.63, 3.8) is 0 Å². The maximum Gasteiger partial charge on any atom is 0.123 e.